The van der Waals surface area contributed by atoms with Crippen LogP contribution in [0.25, 0.3) is 0 Å². The van der Waals surface area contributed by atoms with Crippen LogP contribution in [0.2, 0.25) is 0 Å². The third-order valence-corrected chi connectivity index (χ3v) is 3.71. The number of nitrogens with zero attached hydrogens (tertiary/aromatic N) is 2. The van der Waals surface area contributed by atoms with Gasteiger partial charge in [-0.3, -0.25) is 14.7 Å². The summed E-state index contributed by atoms with van der Waals surface area (Å²) in [7, 11) is 0. The highest BCUT2D eigenvalue weighted by Gasteiger charge is 2.26. The first-order chi connectivity index (χ1) is 9.06. The van der Waals surface area contributed by atoms with Gasteiger partial charge in [0.05, 0.1) is 13.1 Å². The molecule has 0 aromatic carbocycles. The van der Waals surface area contributed by atoms with E-state index in [1.807, 2.05) is 0 Å². The van der Waals surface area contributed by atoms with Crippen LogP contribution < -0.4 is 11.0 Å². The number of H-pyrrole nitrogens is 2. The molecule has 19 heavy (non-hydrogen) atoms. The van der Waals surface area contributed by atoms with Gasteiger partial charge in [0.1, 0.15) is 5.82 Å². The van der Waals surface area contributed by atoms with Gasteiger partial charge in [-0.1, -0.05) is 6.42 Å². The molecule has 0 spiro atoms. The summed E-state index contributed by atoms with van der Waals surface area (Å²) < 4.78 is 0. The number of amides is 1. The fourth-order valence-corrected chi connectivity index (χ4v) is 2.58. The van der Waals surface area contributed by atoms with E-state index < -0.39 is 0 Å². The number of hydrogen-bond acceptors (Lipinski definition) is 4. The minimum absolute atomic E-state index is 0.0375. The van der Waals surface area contributed by atoms with Crippen molar-refractivity contribution in [1.29, 1.82) is 0 Å². The minimum Gasteiger partial charge on any atom is -0.348 e. The SMILES string of the molecule is C[C@@H]1CCC[C@H](C)N1CC(=O)NCc1n[nH]c(=O)[nH]1. The molecule has 106 valence electrons. The molecule has 1 amide bonds. The van der Waals surface area contributed by atoms with Crippen LogP contribution in [0.1, 0.15) is 38.9 Å². The summed E-state index contributed by atoms with van der Waals surface area (Å²) in [5.41, 5.74) is -0.359. The number of likely N-dealkylation sites (tertiary alicyclic amines) is 1. The van der Waals surface area contributed by atoms with E-state index >= 15 is 0 Å². The number of aromatic amines is 2. The summed E-state index contributed by atoms with van der Waals surface area (Å²) in [4.78, 5) is 27.5. The van der Waals surface area contributed by atoms with Gasteiger partial charge in [-0.2, -0.15) is 5.10 Å². The van der Waals surface area contributed by atoms with Gasteiger partial charge in [-0.05, 0) is 26.7 Å². The van der Waals surface area contributed by atoms with Crippen LogP contribution in [-0.2, 0) is 11.3 Å². The van der Waals surface area contributed by atoms with Crippen molar-refractivity contribution < 1.29 is 4.79 Å². The second-order valence-electron chi connectivity index (χ2n) is 5.20. The minimum atomic E-state index is -0.359. The lowest BCUT2D eigenvalue weighted by atomic mass is 9.97. The van der Waals surface area contributed by atoms with Crippen molar-refractivity contribution in [2.24, 2.45) is 0 Å². The second kappa shape index (κ2) is 6.01. The lowest BCUT2D eigenvalue weighted by molar-refractivity contribution is -0.124. The Morgan fingerprint density at radius 2 is 2.11 bits per heavy atom. The lowest BCUT2D eigenvalue weighted by Crippen LogP contribution is -2.48. The van der Waals surface area contributed by atoms with Gasteiger partial charge in [0, 0.05) is 12.1 Å². The molecule has 3 N–H and O–H groups in total. The van der Waals surface area contributed by atoms with E-state index in [-0.39, 0.29) is 18.1 Å². The first-order valence-electron chi connectivity index (χ1n) is 6.72. The van der Waals surface area contributed by atoms with E-state index in [4.69, 9.17) is 0 Å². The third-order valence-electron chi connectivity index (χ3n) is 3.71. The predicted molar refractivity (Wildman–Crippen MR) is 70.5 cm³/mol. The molecule has 2 heterocycles. The Bertz CT molecular complexity index is 470. The summed E-state index contributed by atoms with van der Waals surface area (Å²) in [6, 6.07) is 0.888. The predicted octanol–water partition coefficient (Wildman–Crippen LogP) is -0.0229. The van der Waals surface area contributed by atoms with Crippen LogP contribution in [-0.4, -0.2) is 44.6 Å². The molecule has 0 unspecified atom stereocenters. The Morgan fingerprint density at radius 1 is 1.42 bits per heavy atom. The Balaban J connectivity index is 1.81. The zero-order valence-electron chi connectivity index (χ0n) is 11.4. The van der Waals surface area contributed by atoms with Crippen molar-refractivity contribution in [1.82, 2.24) is 25.4 Å². The van der Waals surface area contributed by atoms with Crippen LogP contribution >= 0.6 is 0 Å². The van der Waals surface area contributed by atoms with E-state index in [2.05, 4.69) is 39.2 Å². The summed E-state index contributed by atoms with van der Waals surface area (Å²) in [5.74, 6) is 0.405. The highest BCUT2D eigenvalue weighted by Crippen LogP contribution is 2.21. The average molecular weight is 267 g/mol. The zero-order chi connectivity index (χ0) is 13.8. The quantitative estimate of drug-likeness (QED) is 0.714. The fourth-order valence-electron chi connectivity index (χ4n) is 2.58. The first kappa shape index (κ1) is 13.8. The second-order valence-corrected chi connectivity index (χ2v) is 5.20. The summed E-state index contributed by atoms with van der Waals surface area (Å²) >= 11 is 0. The maximum absolute atomic E-state index is 11.9. The monoisotopic (exact) mass is 267 g/mol. The Labute approximate surface area is 111 Å². The largest absolute Gasteiger partial charge is 0.348 e. The molecule has 0 aliphatic carbocycles. The Morgan fingerprint density at radius 3 is 2.68 bits per heavy atom. The first-order valence-corrected chi connectivity index (χ1v) is 6.72. The van der Waals surface area contributed by atoms with Gasteiger partial charge in [0.25, 0.3) is 0 Å². The molecular formula is C12H21N5O2. The van der Waals surface area contributed by atoms with E-state index in [9.17, 15) is 9.59 Å². The molecular weight excluding hydrogens is 246 g/mol. The third kappa shape index (κ3) is 3.66. The molecule has 1 aromatic heterocycles. The molecule has 2 rings (SSSR count). The molecule has 1 aliphatic heterocycles. The van der Waals surface area contributed by atoms with E-state index in [1.165, 1.54) is 6.42 Å². The fraction of sp³-hybridized carbons (Fsp3) is 0.750. The van der Waals surface area contributed by atoms with Gasteiger partial charge < -0.3 is 5.32 Å². The van der Waals surface area contributed by atoms with Crippen molar-refractivity contribution in [3.05, 3.63) is 16.3 Å². The molecule has 1 fully saturated rings. The molecule has 2 atom stereocenters. The highest BCUT2D eigenvalue weighted by molar-refractivity contribution is 5.78. The van der Waals surface area contributed by atoms with Crippen molar-refractivity contribution in [2.45, 2.75) is 51.7 Å². The number of hydrogen-bond donors (Lipinski definition) is 3. The van der Waals surface area contributed by atoms with Crippen molar-refractivity contribution >= 4 is 5.91 Å². The summed E-state index contributed by atoms with van der Waals surface area (Å²) in [6.07, 6.45) is 3.52. The van der Waals surface area contributed by atoms with Gasteiger partial charge in [0.15, 0.2) is 0 Å². The molecule has 0 radical (unpaired) electrons. The van der Waals surface area contributed by atoms with E-state index in [0.29, 0.717) is 24.5 Å². The van der Waals surface area contributed by atoms with Gasteiger partial charge in [0.2, 0.25) is 5.91 Å². The van der Waals surface area contributed by atoms with Gasteiger partial charge >= 0.3 is 5.69 Å². The van der Waals surface area contributed by atoms with Crippen molar-refractivity contribution in [2.75, 3.05) is 6.54 Å². The number of aromatic nitrogens is 3. The van der Waals surface area contributed by atoms with E-state index in [1.54, 1.807) is 0 Å². The normalized spacial score (nSPS) is 24.3. The van der Waals surface area contributed by atoms with Crippen molar-refractivity contribution in [3.63, 3.8) is 0 Å². The maximum Gasteiger partial charge on any atom is 0.340 e. The Hall–Kier alpha value is -1.63. The lowest BCUT2D eigenvalue weighted by Gasteiger charge is -2.38. The van der Waals surface area contributed by atoms with Crippen molar-refractivity contribution in [3.8, 4) is 0 Å². The number of rotatable bonds is 4. The molecule has 1 saturated heterocycles. The summed E-state index contributed by atoms with van der Waals surface area (Å²) in [6.45, 7) is 4.97. The molecule has 0 saturated carbocycles. The highest BCUT2D eigenvalue weighted by atomic mass is 16.2. The number of piperidine rings is 1. The maximum atomic E-state index is 11.9. The van der Waals surface area contributed by atoms with Crippen LogP contribution in [0.15, 0.2) is 4.79 Å². The smallest absolute Gasteiger partial charge is 0.340 e. The number of carbonyl (C=O) groups is 1. The topological polar surface area (TPSA) is 93.9 Å². The number of nitrogens with one attached hydrogen (secondary N) is 3. The van der Waals surface area contributed by atoms with Gasteiger partial charge in [-0.25, -0.2) is 9.89 Å². The average Bonchev–Trinajstić information content (AvgIpc) is 2.77. The van der Waals surface area contributed by atoms with Crippen LogP contribution in [0, 0.1) is 0 Å². The van der Waals surface area contributed by atoms with E-state index in [0.717, 1.165) is 12.8 Å². The van der Waals surface area contributed by atoms with Gasteiger partial charge in [-0.15, -0.1) is 0 Å². The molecule has 0 bridgehead atoms. The molecule has 7 heteroatoms. The van der Waals surface area contributed by atoms with Crippen LogP contribution in [0.4, 0.5) is 0 Å². The molecule has 1 aliphatic rings. The number of carbonyl (C=O) groups excluding carboxylic acids is 1. The summed E-state index contributed by atoms with van der Waals surface area (Å²) in [5, 5.41) is 8.78. The zero-order valence-corrected chi connectivity index (χ0v) is 11.4. The van der Waals surface area contributed by atoms with Crippen LogP contribution in [0.5, 0.6) is 0 Å². The molecule has 7 nitrogen and oxygen atoms in total. The van der Waals surface area contributed by atoms with Crippen LogP contribution in [0.3, 0.4) is 0 Å². The Kier molecular flexibility index (Phi) is 4.36. The molecule has 1 aromatic rings. The standard InChI is InChI=1S/C12H21N5O2/c1-8-4-3-5-9(2)17(8)7-11(18)13-6-10-14-12(19)16-15-10/h8-9H,3-7H2,1-2H3,(H,13,18)(H2,14,15,16,19)/t8-,9+.